The van der Waals surface area contributed by atoms with E-state index in [1.807, 2.05) is 0 Å². The third-order valence-electron chi connectivity index (χ3n) is 3.00. The summed E-state index contributed by atoms with van der Waals surface area (Å²) in [7, 11) is 1.54. The Labute approximate surface area is 121 Å². The van der Waals surface area contributed by atoms with Crippen LogP contribution in [0.25, 0.3) is 0 Å². The number of methoxy groups -OCH3 is 1. The molecule has 1 N–H and O–H groups in total. The zero-order chi connectivity index (χ0) is 15.2. The summed E-state index contributed by atoms with van der Waals surface area (Å²) in [6.45, 7) is 0.449. The average Bonchev–Trinajstić information content (AvgIpc) is 2.46. The zero-order valence-electron chi connectivity index (χ0n) is 11.5. The third kappa shape index (κ3) is 3.93. The number of anilines is 1. The Hall–Kier alpha value is -2.61. The maximum Gasteiger partial charge on any atom is 0.126 e. The number of nitrogens with one attached hydrogen (secondary N) is 1. The Kier molecular flexibility index (Phi) is 4.72. The van der Waals surface area contributed by atoms with Crippen molar-refractivity contribution < 1.29 is 13.5 Å². The van der Waals surface area contributed by atoms with Crippen molar-refractivity contribution in [1.82, 2.24) is 0 Å². The van der Waals surface area contributed by atoms with Crippen molar-refractivity contribution >= 4 is 5.69 Å². The van der Waals surface area contributed by atoms with Crippen molar-refractivity contribution in [3.8, 4) is 11.8 Å². The number of nitrogens with zero attached hydrogens (tertiary/aromatic N) is 1. The van der Waals surface area contributed by atoms with Crippen LogP contribution in [0.4, 0.5) is 14.5 Å². The highest BCUT2D eigenvalue weighted by molar-refractivity contribution is 5.60. The molecular formula is C16H14F2N2O. The van der Waals surface area contributed by atoms with Crippen LogP contribution in [0.2, 0.25) is 0 Å². The van der Waals surface area contributed by atoms with Crippen molar-refractivity contribution in [2.75, 3.05) is 19.0 Å². The Morgan fingerprint density at radius 2 is 1.86 bits per heavy atom. The summed E-state index contributed by atoms with van der Waals surface area (Å²) >= 11 is 0. The van der Waals surface area contributed by atoms with E-state index in [1.165, 1.54) is 12.1 Å². The zero-order valence-corrected chi connectivity index (χ0v) is 11.5. The molecule has 0 amide bonds. The van der Waals surface area contributed by atoms with Gasteiger partial charge in [-0.15, -0.1) is 0 Å². The van der Waals surface area contributed by atoms with Crippen LogP contribution in [0.3, 0.4) is 0 Å². The lowest BCUT2D eigenvalue weighted by atomic mass is 10.1. The quantitative estimate of drug-likeness (QED) is 0.916. The van der Waals surface area contributed by atoms with Gasteiger partial charge in [0.2, 0.25) is 0 Å². The molecule has 2 aromatic rings. The first-order chi connectivity index (χ1) is 10.1. The minimum absolute atomic E-state index is 0.441. The fourth-order valence-electron chi connectivity index (χ4n) is 1.99. The second kappa shape index (κ2) is 6.71. The minimum atomic E-state index is -0.593. The molecule has 2 rings (SSSR count). The van der Waals surface area contributed by atoms with E-state index in [0.29, 0.717) is 35.5 Å². The summed E-state index contributed by atoms with van der Waals surface area (Å²) in [5.41, 5.74) is 1.68. The molecule has 0 heterocycles. The second-order valence-corrected chi connectivity index (χ2v) is 4.48. The standard InChI is InChI=1S/C16H14F2N2O/c1-21-15-3-2-12(10-19)16(9-15)20-5-4-11-6-13(17)8-14(18)7-11/h2-3,6-9,20H,4-5H2,1H3. The Morgan fingerprint density at radius 1 is 1.14 bits per heavy atom. The van der Waals surface area contributed by atoms with Crippen LogP contribution >= 0.6 is 0 Å². The van der Waals surface area contributed by atoms with Crippen molar-refractivity contribution in [3.63, 3.8) is 0 Å². The maximum absolute atomic E-state index is 13.1. The average molecular weight is 288 g/mol. The molecule has 0 aliphatic heterocycles. The minimum Gasteiger partial charge on any atom is -0.497 e. The van der Waals surface area contributed by atoms with Gasteiger partial charge in [-0.3, -0.25) is 0 Å². The summed E-state index contributed by atoms with van der Waals surface area (Å²) in [5.74, 6) is -0.554. The van der Waals surface area contributed by atoms with Crippen LogP contribution in [0.5, 0.6) is 5.75 Å². The Bertz CT molecular complexity index is 660. The Morgan fingerprint density at radius 3 is 2.48 bits per heavy atom. The normalized spacial score (nSPS) is 10.0. The fraction of sp³-hybridized carbons (Fsp3) is 0.188. The fourth-order valence-corrected chi connectivity index (χ4v) is 1.99. The van der Waals surface area contributed by atoms with Gasteiger partial charge in [0.05, 0.1) is 18.4 Å². The van der Waals surface area contributed by atoms with Gasteiger partial charge in [-0.25, -0.2) is 8.78 Å². The predicted octanol–water partition coefficient (Wildman–Crippen LogP) is 3.50. The summed E-state index contributed by atoms with van der Waals surface area (Å²) in [4.78, 5) is 0. The molecule has 5 heteroatoms. The van der Waals surface area contributed by atoms with Gasteiger partial charge >= 0.3 is 0 Å². The number of benzene rings is 2. The van der Waals surface area contributed by atoms with Gasteiger partial charge in [-0.2, -0.15) is 5.26 Å². The number of rotatable bonds is 5. The first-order valence-electron chi connectivity index (χ1n) is 6.39. The van der Waals surface area contributed by atoms with Crippen LogP contribution in [-0.2, 0) is 6.42 Å². The highest BCUT2D eigenvalue weighted by Gasteiger charge is 2.05. The molecule has 0 saturated heterocycles. The molecule has 0 atom stereocenters. The van der Waals surface area contributed by atoms with Crippen molar-refractivity contribution in [2.45, 2.75) is 6.42 Å². The van der Waals surface area contributed by atoms with Crippen LogP contribution in [-0.4, -0.2) is 13.7 Å². The molecule has 0 spiro atoms. The molecule has 2 aromatic carbocycles. The molecule has 0 fully saturated rings. The lowest BCUT2D eigenvalue weighted by molar-refractivity contribution is 0.415. The number of halogens is 2. The molecule has 0 bridgehead atoms. The van der Waals surface area contributed by atoms with E-state index in [-0.39, 0.29) is 0 Å². The summed E-state index contributed by atoms with van der Waals surface area (Å²) in [6.07, 6.45) is 0.441. The van der Waals surface area contributed by atoms with Gasteiger partial charge in [0.25, 0.3) is 0 Å². The molecule has 0 aliphatic carbocycles. The molecule has 0 saturated carbocycles. The maximum atomic E-state index is 13.1. The van der Waals surface area contributed by atoms with Gasteiger partial charge in [0, 0.05) is 18.7 Å². The van der Waals surface area contributed by atoms with E-state index in [4.69, 9.17) is 10.00 Å². The SMILES string of the molecule is COc1ccc(C#N)c(NCCc2cc(F)cc(F)c2)c1. The summed E-state index contributed by atoms with van der Waals surface area (Å²) in [5, 5.41) is 12.1. The van der Waals surface area contributed by atoms with E-state index >= 15 is 0 Å². The van der Waals surface area contributed by atoms with Crippen molar-refractivity contribution in [1.29, 1.82) is 5.26 Å². The van der Waals surface area contributed by atoms with Gasteiger partial charge in [0.1, 0.15) is 23.5 Å². The molecule has 0 aliphatic rings. The topological polar surface area (TPSA) is 45.0 Å². The largest absolute Gasteiger partial charge is 0.497 e. The Balaban J connectivity index is 2.04. The highest BCUT2D eigenvalue weighted by atomic mass is 19.1. The van der Waals surface area contributed by atoms with E-state index < -0.39 is 11.6 Å². The molecule has 0 aromatic heterocycles. The molecule has 108 valence electrons. The third-order valence-corrected chi connectivity index (χ3v) is 3.00. The molecule has 21 heavy (non-hydrogen) atoms. The first-order valence-corrected chi connectivity index (χ1v) is 6.39. The number of ether oxygens (including phenoxy) is 1. The summed E-state index contributed by atoms with van der Waals surface area (Å²) in [6, 6.07) is 10.6. The number of hydrogen-bond donors (Lipinski definition) is 1. The van der Waals surface area contributed by atoms with Gasteiger partial charge in [0.15, 0.2) is 0 Å². The van der Waals surface area contributed by atoms with Crippen LogP contribution in [0, 0.1) is 23.0 Å². The lowest BCUT2D eigenvalue weighted by Gasteiger charge is -2.10. The first kappa shape index (κ1) is 14.8. The number of hydrogen-bond acceptors (Lipinski definition) is 3. The second-order valence-electron chi connectivity index (χ2n) is 4.48. The summed E-state index contributed by atoms with van der Waals surface area (Å²) < 4.78 is 31.3. The van der Waals surface area contributed by atoms with Crippen LogP contribution in [0.1, 0.15) is 11.1 Å². The van der Waals surface area contributed by atoms with E-state index in [9.17, 15) is 8.78 Å². The monoisotopic (exact) mass is 288 g/mol. The van der Waals surface area contributed by atoms with Crippen molar-refractivity contribution in [3.05, 3.63) is 59.2 Å². The number of nitriles is 1. The van der Waals surface area contributed by atoms with Gasteiger partial charge in [-0.05, 0) is 36.2 Å². The highest BCUT2D eigenvalue weighted by Crippen LogP contribution is 2.22. The molecule has 0 radical (unpaired) electrons. The lowest BCUT2D eigenvalue weighted by Crippen LogP contribution is -2.07. The van der Waals surface area contributed by atoms with Crippen molar-refractivity contribution in [2.24, 2.45) is 0 Å². The van der Waals surface area contributed by atoms with E-state index in [1.54, 1.807) is 25.3 Å². The van der Waals surface area contributed by atoms with E-state index in [0.717, 1.165) is 6.07 Å². The van der Waals surface area contributed by atoms with Gasteiger partial charge in [-0.1, -0.05) is 0 Å². The molecule has 3 nitrogen and oxygen atoms in total. The predicted molar refractivity (Wildman–Crippen MR) is 76.3 cm³/mol. The molecular weight excluding hydrogens is 274 g/mol. The van der Waals surface area contributed by atoms with E-state index in [2.05, 4.69) is 11.4 Å². The molecule has 0 unspecified atom stereocenters. The van der Waals surface area contributed by atoms with Gasteiger partial charge < -0.3 is 10.1 Å². The smallest absolute Gasteiger partial charge is 0.126 e. The van der Waals surface area contributed by atoms with Crippen LogP contribution in [0.15, 0.2) is 36.4 Å². The van der Waals surface area contributed by atoms with Crippen LogP contribution < -0.4 is 10.1 Å².